The zero-order chi connectivity index (χ0) is 19.3. The number of hydrogen-bond donors (Lipinski definition) is 2. The van der Waals surface area contributed by atoms with E-state index in [2.05, 4.69) is 65.2 Å². The number of nitrogens with zero attached hydrogens (tertiary/aromatic N) is 3. The molecular formula is C21H34IN5O. The summed E-state index contributed by atoms with van der Waals surface area (Å²) in [7, 11) is 0. The SMILES string of the molecule is CCNC(=NCc1cccc(Cn2ccnc2)c1)NCCCOCC(C)C.I. The molecule has 0 atom stereocenters. The zero-order valence-corrected chi connectivity index (χ0v) is 19.6. The molecular weight excluding hydrogens is 465 g/mol. The average molecular weight is 499 g/mol. The van der Waals surface area contributed by atoms with Crippen molar-refractivity contribution in [1.82, 2.24) is 20.2 Å². The van der Waals surface area contributed by atoms with E-state index in [9.17, 15) is 0 Å². The van der Waals surface area contributed by atoms with Gasteiger partial charge in [0.1, 0.15) is 0 Å². The summed E-state index contributed by atoms with van der Waals surface area (Å²) in [5.41, 5.74) is 2.45. The van der Waals surface area contributed by atoms with E-state index in [4.69, 9.17) is 9.73 Å². The van der Waals surface area contributed by atoms with Gasteiger partial charge in [0.2, 0.25) is 0 Å². The lowest BCUT2D eigenvalue weighted by atomic mass is 10.1. The van der Waals surface area contributed by atoms with Crippen LogP contribution >= 0.6 is 24.0 Å². The summed E-state index contributed by atoms with van der Waals surface area (Å²) in [6, 6.07) is 8.54. The Morgan fingerprint density at radius 3 is 2.79 bits per heavy atom. The topological polar surface area (TPSA) is 63.5 Å². The first kappa shape index (κ1) is 24.4. The molecule has 156 valence electrons. The number of halogens is 1. The van der Waals surface area contributed by atoms with Gasteiger partial charge in [-0.2, -0.15) is 0 Å². The van der Waals surface area contributed by atoms with E-state index in [1.165, 1.54) is 11.1 Å². The highest BCUT2D eigenvalue weighted by molar-refractivity contribution is 14.0. The van der Waals surface area contributed by atoms with Crippen LogP contribution in [0.5, 0.6) is 0 Å². The number of guanidine groups is 1. The molecule has 1 aromatic carbocycles. The van der Waals surface area contributed by atoms with E-state index in [1.807, 2.05) is 12.5 Å². The first-order valence-corrected chi connectivity index (χ1v) is 9.81. The Morgan fingerprint density at radius 1 is 1.25 bits per heavy atom. The molecule has 1 heterocycles. The first-order valence-electron chi connectivity index (χ1n) is 9.81. The first-order chi connectivity index (χ1) is 13.2. The molecule has 7 heteroatoms. The van der Waals surface area contributed by atoms with Gasteiger partial charge in [0.15, 0.2) is 5.96 Å². The van der Waals surface area contributed by atoms with Gasteiger partial charge in [-0.1, -0.05) is 38.1 Å². The quantitative estimate of drug-likeness (QED) is 0.214. The summed E-state index contributed by atoms with van der Waals surface area (Å²) >= 11 is 0. The fraction of sp³-hybridized carbons (Fsp3) is 0.524. The van der Waals surface area contributed by atoms with Gasteiger partial charge in [0.05, 0.1) is 12.9 Å². The van der Waals surface area contributed by atoms with Crippen molar-refractivity contribution in [3.8, 4) is 0 Å². The lowest BCUT2D eigenvalue weighted by Gasteiger charge is -2.12. The predicted molar refractivity (Wildman–Crippen MR) is 126 cm³/mol. The van der Waals surface area contributed by atoms with Crippen molar-refractivity contribution in [3.63, 3.8) is 0 Å². The van der Waals surface area contributed by atoms with Crippen molar-refractivity contribution in [2.45, 2.75) is 40.3 Å². The Hall–Kier alpha value is -1.61. The molecule has 1 aromatic heterocycles. The van der Waals surface area contributed by atoms with Gasteiger partial charge in [-0.3, -0.25) is 0 Å². The molecule has 0 aliphatic rings. The van der Waals surface area contributed by atoms with E-state index in [0.717, 1.165) is 45.2 Å². The minimum Gasteiger partial charge on any atom is -0.381 e. The smallest absolute Gasteiger partial charge is 0.191 e. The lowest BCUT2D eigenvalue weighted by Crippen LogP contribution is -2.38. The third-order valence-corrected chi connectivity index (χ3v) is 3.89. The van der Waals surface area contributed by atoms with Crippen LogP contribution in [0.1, 0.15) is 38.3 Å². The summed E-state index contributed by atoms with van der Waals surface area (Å²) in [4.78, 5) is 8.79. The zero-order valence-electron chi connectivity index (χ0n) is 17.2. The number of hydrogen-bond acceptors (Lipinski definition) is 3. The molecule has 6 nitrogen and oxygen atoms in total. The Kier molecular flexibility index (Phi) is 12.6. The maximum Gasteiger partial charge on any atom is 0.191 e. The molecule has 0 radical (unpaired) electrons. The normalized spacial score (nSPS) is 11.4. The van der Waals surface area contributed by atoms with Crippen LogP contribution in [-0.4, -0.2) is 41.8 Å². The molecule has 2 aromatic rings. The number of aliphatic imine (C=N–C) groups is 1. The maximum absolute atomic E-state index is 5.62. The third kappa shape index (κ3) is 10.1. The van der Waals surface area contributed by atoms with Crippen LogP contribution in [-0.2, 0) is 17.8 Å². The Bertz CT molecular complexity index is 673. The number of benzene rings is 1. The second-order valence-electron chi connectivity index (χ2n) is 7.00. The van der Waals surface area contributed by atoms with Crippen LogP contribution in [0.4, 0.5) is 0 Å². The Morgan fingerprint density at radius 2 is 2.07 bits per heavy atom. The van der Waals surface area contributed by atoms with Crippen LogP contribution in [0.15, 0.2) is 48.0 Å². The number of imidazole rings is 1. The fourth-order valence-corrected chi connectivity index (χ4v) is 2.63. The number of aromatic nitrogens is 2. The summed E-state index contributed by atoms with van der Waals surface area (Å²) in [5.74, 6) is 1.43. The van der Waals surface area contributed by atoms with Gasteiger partial charge < -0.3 is 19.9 Å². The van der Waals surface area contributed by atoms with E-state index >= 15 is 0 Å². The highest BCUT2D eigenvalue weighted by Gasteiger charge is 2.00. The molecule has 0 bridgehead atoms. The van der Waals surface area contributed by atoms with Crippen LogP contribution in [0.25, 0.3) is 0 Å². The van der Waals surface area contributed by atoms with Gasteiger partial charge in [0, 0.05) is 45.2 Å². The second-order valence-corrected chi connectivity index (χ2v) is 7.00. The molecule has 0 amide bonds. The molecule has 0 aliphatic heterocycles. The van der Waals surface area contributed by atoms with Gasteiger partial charge in [-0.25, -0.2) is 9.98 Å². The van der Waals surface area contributed by atoms with Gasteiger partial charge in [-0.05, 0) is 30.4 Å². The van der Waals surface area contributed by atoms with Crippen molar-refractivity contribution in [1.29, 1.82) is 0 Å². The average Bonchev–Trinajstić information content (AvgIpc) is 3.15. The largest absolute Gasteiger partial charge is 0.381 e. The van der Waals surface area contributed by atoms with Crippen molar-refractivity contribution in [3.05, 3.63) is 54.1 Å². The molecule has 0 aliphatic carbocycles. The number of nitrogens with one attached hydrogen (secondary N) is 2. The summed E-state index contributed by atoms with van der Waals surface area (Å²) in [6.07, 6.45) is 6.58. The van der Waals surface area contributed by atoms with Crippen molar-refractivity contribution in [2.24, 2.45) is 10.9 Å². The summed E-state index contributed by atoms with van der Waals surface area (Å²) in [6.45, 7) is 11.2. The van der Waals surface area contributed by atoms with Crippen LogP contribution in [0.2, 0.25) is 0 Å². The van der Waals surface area contributed by atoms with Crippen LogP contribution in [0, 0.1) is 5.92 Å². The molecule has 2 rings (SSSR count). The van der Waals surface area contributed by atoms with Gasteiger partial charge >= 0.3 is 0 Å². The summed E-state index contributed by atoms with van der Waals surface area (Å²) in [5, 5.41) is 6.68. The minimum absolute atomic E-state index is 0. The standard InChI is InChI=1S/C21H33N5O.HI/c1-4-23-21(24-9-6-12-27-16-18(2)3)25-14-19-7-5-8-20(13-19)15-26-11-10-22-17-26;/h5,7-8,10-11,13,17-18H,4,6,9,12,14-16H2,1-3H3,(H2,23,24,25);1H. The third-order valence-electron chi connectivity index (χ3n) is 3.89. The van der Waals surface area contributed by atoms with E-state index in [-0.39, 0.29) is 24.0 Å². The molecule has 0 saturated carbocycles. The Labute approximate surface area is 186 Å². The number of ether oxygens (including phenoxy) is 1. The van der Waals surface area contributed by atoms with Crippen LogP contribution in [0.3, 0.4) is 0 Å². The fourth-order valence-electron chi connectivity index (χ4n) is 2.63. The minimum atomic E-state index is 0. The summed E-state index contributed by atoms with van der Waals surface area (Å²) < 4.78 is 7.68. The maximum atomic E-state index is 5.62. The van der Waals surface area contributed by atoms with Gasteiger partial charge in [0.25, 0.3) is 0 Å². The van der Waals surface area contributed by atoms with Crippen molar-refractivity contribution in [2.75, 3.05) is 26.3 Å². The highest BCUT2D eigenvalue weighted by Crippen LogP contribution is 2.08. The highest BCUT2D eigenvalue weighted by atomic mass is 127. The molecule has 2 N–H and O–H groups in total. The van der Waals surface area contributed by atoms with Gasteiger partial charge in [-0.15, -0.1) is 24.0 Å². The van der Waals surface area contributed by atoms with E-state index in [0.29, 0.717) is 12.5 Å². The molecule has 28 heavy (non-hydrogen) atoms. The van der Waals surface area contributed by atoms with E-state index < -0.39 is 0 Å². The van der Waals surface area contributed by atoms with Crippen molar-refractivity contribution >= 4 is 29.9 Å². The molecule has 0 spiro atoms. The Balaban J connectivity index is 0.00000392. The molecule has 0 saturated heterocycles. The lowest BCUT2D eigenvalue weighted by molar-refractivity contribution is 0.108. The van der Waals surface area contributed by atoms with Crippen LogP contribution < -0.4 is 10.6 Å². The number of rotatable bonds is 11. The molecule has 0 fully saturated rings. The monoisotopic (exact) mass is 499 g/mol. The molecule has 0 unspecified atom stereocenters. The van der Waals surface area contributed by atoms with Crippen molar-refractivity contribution < 1.29 is 4.74 Å². The van der Waals surface area contributed by atoms with E-state index in [1.54, 1.807) is 6.20 Å². The second kappa shape index (κ2) is 14.4. The predicted octanol–water partition coefficient (Wildman–Crippen LogP) is 3.67.